The largest absolute Gasteiger partial charge is 0.468 e. The number of ether oxygens (including phenoxy) is 1. The molecule has 0 aliphatic rings. The van der Waals surface area contributed by atoms with Crippen molar-refractivity contribution in [1.29, 1.82) is 0 Å². The molecule has 1 unspecified atom stereocenters. The highest BCUT2D eigenvalue weighted by atomic mass is 127. The number of rotatable bonds is 2. The summed E-state index contributed by atoms with van der Waals surface area (Å²) in [5.41, 5.74) is 0.741. The maximum Gasteiger partial charge on any atom is 0.316 e. The van der Waals surface area contributed by atoms with E-state index in [1.165, 1.54) is 7.11 Å². The molecule has 2 rings (SSSR count). The van der Waals surface area contributed by atoms with Crippen LogP contribution < -0.4 is 0 Å². The molecule has 0 aromatic carbocycles. The van der Waals surface area contributed by atoms with Crippen LogP contribution in [0.4, 0.5) is 0 Å². The Kier molecular flexibility index (Phi) is 3.08. The Morgan fingerprint density at radius 1 is 1.62 bits per heavy atom. The van der Waals surface area contributed by atoms with Crippen LogP contribution >= 0.6 is 22.6 Å². The summed E-state index contributed by atoms with van der Waals surface area (Å²) in [6.45, 7) is 1.72. The lowest BCUT2D eigenvalue weighted by Gasteiger charge is -2.06. The molecule has 0 saturated carbocycles. The van der Waals surface area contributed by atoms with Crippen molar-refractivity contribution in [2.24, 2.45) is 0 Å². The molecule has 2 heterocycles. The predicted octanol–water partition coefficient (Wildman–Crippen LogP) is 1.84. The summed E-state index contributed by atoms with van der Waals surface area (Å²) >= 11 is 2.20. The van der Waals surface area contributed by atoms with E-state index in [9.17, 15) is 4.79 Å². The Balaban J connectivity index is 2.43. The van der Waals surface area contributed by atoms with Crippen LogP contribution in [0, 0.1) is 3.57 Å². The van der Waals surface area contributed by atoms with E-state index < -0.39 is 5.92 Å². The van der Waals surface area contributed by atoms with Crippen molar-refractivity contribution in [3.05, 3.63) is 21.8 Å². The lowest BCUT2D eigenvalue weighted by atomic mass is 10.1. The molecule has 1 atom stereocenters. The average Bonchev–Trinajstić information content (AvgIpc) is 2.68. The van der Waals surface area contributed by atoms with Crippen LogP contribution in [-0.2, 0) is 9.53 Å². The highest BCUT2D eigenvalue weighted by Gasteiger charge is 2.19. The molecule has 84 valence electrons. The predicted molar refractivity (Wildman–Crippen MR) is 67.0 cm³/mol. The second-order valence-corrected chi connectivity index (χ2v) is 4.53. The molecule has 0 fully saturated rings. The molecule has 0 aliphatic heterocycles. The number of halogens is 1. The zero-order chi connectivity index (χ0) is 11.7. The number of aromatic amines is 1. The number of nitrogens with one attached hydrogen (secondary N) is 1. The Morgan fingerprint density at radius 3 is 3.06 bits per heavy atom. The zero-order valence-electron chi connectivity index (χ0n) is 8.82. The van der Waals surface area contributed by atoms with E-state index in [1.54, 1.807) is 13.1 Å². The fourth-order valence-corrected chi connectivity index (χ4v) is 1.93. The quantitative estimate of drug-likeness (QED) is 0.674. The van der Waals surface area contributed by atoms with Crippen molar-refractivity contribution in [1.82, 2.24) is 15.0 Å². The van der Waals surface area contributed by atoms with Crippen molar-refractivity contribution >= 4 is 39.6 Å². The van der Waals surface area contributed by atoms with Gasteiger partial charge in [-0.05, 0) is 29.5 Å². The van der Waals surface area contributed by atoms with Crippen LogP contribution in [-0.4, -0.2) is 28.0 Å². The van der Waals surface area contributed by atoms with Crippen molar-refractivity contribution in [2.45, 2.75) is 12.8 Å². The molecule has 2 aromatic heterocycles. The van der Waals surface area contributed by atoms with E-state index >= 15 is 0 Å². The number of carbonyl (C=O) groups excluding carboxylic acids is 1. The number of hydrogen-bond donors (Lipinski definition) is 1. The van der Waals surface area contributed by atoms with E-state index in [4.69, 9.17) is 0 Å². The number of methoxy groups -OCH3 is 1. The van der Waals surface area contributed by atoms with E-state index in [1.807, 2.05) is 6.20 Å². The van der Waals surface area contributed by atoms with Gasteiger partial charge in [0.2, 0.25) is 0 Å². The topological polar surface area (TPSA) is 67.9 Å². The van der Waals surface area contributed by atoms with Gasteiger partial charge < -0.3 is 9.72 Å². The van der Waals surface area contributed by atoms with Crippen LogP contribution in [0.1, 0.15) is 18.7 Å². The van der Waals surface area contributed by atoms with Gasteiger partial charge >= 0.3 is 5.97 Å². The van der Waals surface area contributed by atoms with Gasteiger partial charge in [0.25, 0.3) is 0 Å². The van der Waals surface area contributed by atoms with Gasteiger partial charge in [-0.1, -0.05) is 0 Å². The summed E-state index contributed by atoms with van der Waals surface area (Å²) in [6, 6.07) is 0. The van der Waals surface area contributed by atoms with Crippen LogP contribution in [0.2, 0.25) is 0 Å². The van der Waals surface area contributed by atoms with Gasteiger partial charge in [0.1, 0.15) is 17.4 Å². The first-order valence-electron chi connectivity index (χ1n) is 4.71. The molecule has 1 N–H and O–H groups in total. The first-order valence-corrected chi connectivity index (χ1v) is 5.78. The number of fused-ring (bicyclic) bond motifs is 1. The molecule has 0 radical (unpaired) electrons. The summed E-state index contributed by atoms with van der Waals surface area (Å²) in [4.78, 5) is 22.8. The highest BCUT2D eigenvalue weighted by Crippen LogP contribution is 2.20. The second-order valence-electron chi connectivity index (χ2n) is 3.37. The van der Waals surface area contributed by atoms with Gasteiger partial charge in [0, 0.05) is 16.0 Å². The number of esters is 1. The summed E-state index contributed by atoms with van der Waals surface area (Å²) < 4.78 is 5.71. The molecule has 16 heavy (non-hydrogen) atoms. The average molecular weight is 331 g/mol. The van der Waals surface area contributed by atoms with Crippen LogP contribution in [0.15, 0.2) is 12.4 Å². The summed E-state index contributed by atoms with van der Waals surface area (Å²) in [5, 5.41) is 0.960. The smallest absolute Gasteiger partial charge is 0.316 e. The van der Waals surface area contributed by atoms with E-state index in [0.29, 0.717) is 5.82 Å². The lowest BCUT2D eigenvalue weighted by molar-refractivity contribution is -0.142. The standard InChI is InChI=1S/C10H10IN3O2/c1-5(10(15)16-2)8-12-3-6-7(11)4-13-9(6)14-8/h3-5H,1-2H3,(H,12,13,14). The van der Waals surface area contributed by atoms with Crippen LogP contribution in [0.5, 0.6) is 0 Å². The molecular weight excluding hydrogens is 321 g/mol. The molecule has 0 spiro atoms. The maximum atomic E-state index is 11.3. The Morgan fingerprint density at radius 2 is 2.38 bits per heavy atom. The minimum Gasteiger partial charge on any atom is -0.468 e. The van der Waals surface area contributed by atoms with Gasteiger partial charge in [0.05, 0.1) is 12.5 Å². The first-order chi connectivity index (χ1) is 7.63. The van der Waals surface area contributed by atoms with Crippen molar-refractivity contribution in [2.75, 3.05) is 7.11 Å². The normalized spacial score (nSPS) is 12.7. The van der Waals surface area contributed by atoms with Gasteiger partial charge in [-0.25, -0.2) is 9.97 Å². The van der Waals surface area contributed by atoms with Crippen LogP contribution in [0.25, 0.3) is 11.0 Å². The minimum atomic E-state index is -0.449. The summed E-state index contributed by atoms with van der Waals surface area (Å²) in [7, 11) is 1.36. The molecule has 0 amide bonds. The number of H-pyrrole nitrogens is 1. The van der Waals surface area contributed by atoms with E-state index in [-0.39, 0.29) is 5.97 Å². The van der Waals surface area contributed by atoms with Crippen molar-refractivity contribution in [3.8, 4) is 0 Å². The number of nitrogens with zero attached hydrogens (tertiary/aromatic N) is 2. The molecule has 0 aliphatic carbocycles. The first kappa shape index (κ1) is 11.3. The van der Waals surface area contributed by atoms with Crippen LogP contribution in [0.3, 0.4) is 0 Å². The molecule has 2 aromatic rings. The summed E-state index contributed by atoms with van der Waals surface area (Å²) in [5.74, 6) is -0.312. The highest BCUT2D eigenvalue weighted by molar-refractivity contribution is 14.1. The number of aromatic nitrogens is 3. The van der Waals surface area contributed by atoms with Gasteiger partial charge in [-0.2, -0.15) is 0 Å². The third-order valence-electron chi connectivity index (χ3n) is 2.34. The Bertz CT molecular complexity index is 538. The Hall–Kier alpha value is -1.18. The fourth-order valence-electron chi connectivity index (χ4n) is 1.38. The van der Waals surface area contributed by atoms with Crippen molar-refractivity contribution < 1.29 is 9.53 Å². The Labute approximate surface area is 106 Å². The lowest BCUT2D eigenvalue weighted by Crippen LogP contribution is -2.13. The molecule has 5 nitrogen and oxygen atoms in total. The van der Waals surface area contributed by atoms with Crippen molar-refractivity contribution in [3.63, 3.8) is 0 Å². The maximum absolute atomic E-state index is 11.3. The second kappa shape index (κ2) is 4.36. The zero-order valence-corrected chi connectivity index (χ0v) is 11.0. The van der Waals surface area contributed by atoms with E-state index in [0.717, 1.165) is 14.6 Å². The van der Waals surface area contributed by atoms with Gasteiger partial charge in [0.15, 0.2) is 0 Å². The third-order valence-corrected chi connectivity index (χ3v) is 3.23. The third kappa shape index (κ3) is 1.89. The van der Waals surface area contributed by atoms with Gasteiger partial charge in [-0.3, -0.25) is 4.79 Å². The monoisotopic (exact) mass is 331 g/mol. The molecule has 0 bridgehead atoms. The summed E-state index contributed by atoms with van der Waals surface area (Å²) in [6.07, 6.45) is 3.57. The fraction of sp³-hybridized carbons (Fsp3) is 0.300. The molecular formula is C10H10IN3O2. The number of hydrogen-bond acceptors (Lipinski definition) is 4. The van der Waals surface area contributed by atoms with E-state index in [2.05, 4.69) is 42.3 Å². The molecule has 6 heteroatoms. The van der Waals surface area contributed by atoms with Gasteiger partial charge in [-0.15, -0.1) is 0 Å². The minimum absolute atomic E-state index is 0.333. The SMILES string of the molecule is COC(=O)C(C)c1ncc2c(I)c[nH]c2n1. The molecule has 0 saturated heterocycles. The number of carbonyl (C=O) groups is 1.